The minimum atomic E-state index is -1.14. The number of carbonyl (C=O) groups excluding carboxylic acids is 1. The maximum absolute atomic E-state index is 12.9. The largest absolute Gasteiger partial charge is 0.497 e. The van der Waals surface area contributed by atoms with Crippen molar-refractivity contribution in [3.8, 4) is 11.5 Å². The quantitative estimate of drug-likeness (QED) is 0.0728. The number of rotatable bonds is 17. The highest BCUT2D eigenvalue weighted by Gasteiger charge is 2.42. The molecule has 270 valence electrons. The number of aromatic amines is 1. The Morgan fingerprint density at radius 3 is 2.16 bits per heavy atom. The Balaban J connectivity index is 1.37. The van der Waals surface area contributed by atoms with Gasteiger partial charge in [-0.25, -0.2) is 4.79 Å². The summed E-state index contributed by atoms with van der Waals surface area (Å²) >= 11 is 0. The monoisotopic (exact) mass is 698 g/mol. The van der Waals surface area contributed by atoms with Gasteiger partial charge in [0.1, 0.15) is 29.4 Å². The third-order valence-corrected chi connectivity index (χ3v) is 8.99. The van der Waals surface area contributed by atoms with Crippen molar-refractivity contribution in [1.29, 1.82) is 0 Å². The average molecular weight is 699 g/mol. The lowest BCUT2D eigenvalue weighted by molar-refractivity contribution is -0.116. The van der Waals surface area contributed by atoms with Gasteiger partial charge in [0.2, 0.25) is 5.91 Å². The molecule has 0 spiro atoms. The lowest BCUT2D eigenvalue weighted by atomic mass is 9.80. The molecule has 1 amide bonds. The number of amides is 1. The summed E-state index contributed by atoms with van der Waals surface area (Å²) in [4.78, 5) is 40.2. The van der Waals surface area contributed by atoms with Crippen LogP contribution in [0.2, 0.25) is 0 Å². The highest BCUT2D eigenvalue weighted by atomic mass is 16.6. The van der Waals surface area contributed by atoms with Crippen LogP contribution in [0.15, 0.2) is 101 Å². The average Bonchev–Trinajstić information content (AvgIpc) is 3.53. The zero-order chi connectivity index (χ0) is 36.2. The van der Waals surface area contributed by atoms with Crippen LogP contribution in [0.1, 0.15) is 60.6 Å². The Kier molecular flexibility index (Phi) is 13.0. The van der Waals surface area contributed by atoms with E-state index in [1.807, 2.05) is 78.9 Å². The first kappa shape index (κ1) is 37.3. The number of methoxy groups -OCH3 is 2. The number of aromatic nitrogens is 2. The number of nitrogens with zero attached hydrogens (tertiary/aromatic N) is 1. The molecule has 3 atom stereocenters. The van der Waals surface area contributed by atoms with Crippen LogP contribution in [-0.4, -0.2) is 66.7 Å². The fraction of sp³-hybridized carbons (Fsp3) is 0.359. The van der Waals surface area contributed by atoms with Gasteiger partial charge in [-0.05, 0) is 66.4 Å². The van der Waals surface area contributed by atoms with Gasteiger partial charge in [-0.2, -0.15) is 0 Å². The number of ether oxygens (including phenoxy) is 4. The number of unbranched alkanes of at least 4 members (excludes halogenated alkanes) is 3. The number of benzene rings is 3. The minimum Gasteiger partial charge on any atom is -0.497 e. The summed E-state index contributed by atoms with van der Waals surface area (Å²) in [6, 6.07) is 24.9. The van der Waals surface area contributed by atoms with E-state index in [2.05, 4.69) is 10.3 Å². The number of carbonyl (C=O) groups is 1. The Morgan fingerprint density at radius 2 is 1.55 bits per heavy atom. The molecule has 1 saturated heterocycles. The molecule has 1 aromatic heterocycles. The molecule has 3 aromatic carbocycles. The summed E-state index contributed by atoms with van der Waals surface area (Å²) in [5.41, 5.74) is 5.58. The molecule has 51 heavy (non-hydrogen) atoms. The van der Waals surface area contributed by atoms with Gasteiger partial charge in [0, 0.05) is 25.2 Å². The molecule has 0 unspecified atom stereocenters. The van der Waals surface area contributed by atoms with Crippen LogP contribution in [0.3, 0.4) is 0 Å². The zero-order valence-electron chi connectivity index (χ0n) is 29.0. The number of H-pyrrole nitrogens is 1. The molecule has 0 radical (unpaired) electrons. The summed E-state index contributed by atoms with van der Waals surface area (Å²) in [5.74, 6) is 1.01. The molecule has 1 aliphatic rings. The highest BCUT2D eigenvalue weighted by molar-refractivity contribution is 5.91. The first-order valence-corrected chi connectivity index (χ1v) is 17.1. The Morgan fingerprint density at radius 1 is 0.941 bits per heavy atom. The fourth-order valence-corrected chi connectivity index (χ4v) is 6.21. The second-order valence-corrected chi connectivity index (χ2v) is 12.3. The second kappa shape index (κ2) is 17.8. The van der Waals surface area contributed by atoms with E-state index in [1.54, 1.807) is 14.2 Å². The van der Waals surface area contributed by atoms with Gasteiger partial charge in [0.25, 0.3) is 5.56 Å². The van der Waals surface area contributed by atoms with Crippen molar-refractivity contribution >= 4 is 12.0 Å². The molecule has 1 aliphatic heterocycles. The topological polar surface area (TPSA) is 167 Å². The summed E-state index contributed by atoms with van der Waals surface area (Å²) in [7, 11) is 3.21. The Hall–Kier alpha value is -5.01. The van der Waals surface area contributed by atoms with E-state index < -0.39 is 35.3 Å². The van der Waals surface area contributed by atoms with Crippen LogP contribution in [0, 0.1) is 0 Å². The first-order valence-electron chi connectivity index (χ1n) is 17.1. The van der Waals surface area contributed by atoms with Gasteiger partial charge >= 0.3 is 5.69 Å². The third kappa shape index (κ3) is 9.02. The van der Waals surface area contributed by atoms with Crippen LogP contribution >= 0.6 is 0 Å². The number of nitrogens with one attached hydrogen (secondary N) is 2. The number of hydrogen-bond donors (Lipinski definition) is 4. The molecule has 5 N–H and O–H groups in total. The molecule has 0 aliphatic carbocycles. The molecule has 0 saturated carbocycles. The van der Waals surface area contributed by atoms with Crippen molar-refractivity contribution in [2.45, 2.75) is 56.1 Å². The molecular weight excluding hydrogens is 652 g/mol. The van der Waals surface area contributed by atoms with Crippen LogP contribution in [0.5, 0.6) is 11.5 Å². The van der Waals surface area contributed by atoms with Crippen molar-refractivity contribution < 1.29 is 28.8 Å². The van der Waals surface area contributed by atoms with E-state index in [0.29, 0.717) is 24.6 Å². The van der Waals surface area contributed by atoms with Crippen LogP contribution in [0.25, 0.3) is 6.08 Å². The maximum Gasteiger partial charge on any atom is 0.330 e. The summed E-state index contributed by atoms with van der Waals surface area (Å²) in [6.45, 7) is 1.10. The second-order valence-electron chi connectivity index (χ2n) is 12.3. The van der Waals surface area contributed by atoms with E-state index in [0.717, 1.165) is 42.4 Å². The Bertz CT molecular complexity index is 1810. The molecule has 0 bridgehead atoms. The van der Waals surface area contributed by atoms with Gasteiger partial charge in [-0.15, -0.1) is 0 Å². The van der Waals surface area contributed by atoms with Crippen molar-refractivity contribution in [3.63, 3.8) is 0 Å². The van der Waals surface area contributed by atoms with E-state index in [4.69, 9.17) is 24.7 Å². The summed E-state index contributed by atoms with van der Waals surface area (Å²) < 4.78 is 25.2. The molecule has 12 nitrogen and oxygen atoms in total. The molecule has 4 aromatic rings. The molecular formula is C39H46N4O8. The normalized spacial score (nSPS) is 17.5. The van der Waals surface area contributed by atoms with Gasteiger partial charge in [-0.1, -0.05) is 67.4 Å². The fourth-order valence-electron chi connectivity index (χ4n) is 6.21. The number of hydrogen-bond acceptors (Lipinski definition) is 9. The van der Waals surface area contributed by atoms with Crippen LogP contribution in [-0.2, 0) is 19.9 Å². The molecule has 5 rings (SSSR count). The SMILES string of the molecule is COc1ccc(C(OC[C@H]2O[C@@H](n3cc(/C=C/C(=O)NCCCCCCN)c(=O)[nH]c3=O)C[C@@H]2O)(c2ccccc2)c2ccc(OC)cc2)cc1. The highest BCUT2D eigenvalue weighted by Crippen LogP contribution is 2.42. The van der Waals surface area contributed by atoms with E-state index in [9.17, 15) is 19.5 Å². The predicted octanol–water partition coefficient (Wildman–Crippen LogP) is 3.86. The van der Waals surface area contributed by atoms with Crippen LogP contribution < -0.4 is 31.8 Å². The van der Waals surface area contributed by atoms with Gasteiger partial charge in [0.15, 0.2) is 0 Å². The standard InChI is InChI=1S/C39H46N4O8/c1-48-31-17-13-29(14-18-31)39(28-10-6-5-7-11-28,30-15-19-32(49-2)20-16-30)50-26-34-33(44)24-36(51-34)43-25-27(37(46)42-38(43)47)12-21-35(45)41-23-9-4-3-8-22-40/h5-7,10-21,25,33-34,36,44H,3-4,8-9,22-24,26,40H2,1-2H3,(H,41,45)(H,42,46,47)/b21-12+/t33-,34+,36+/m0/s1. The van der Waals surface area contributed by atoms with Crippen molar-refractivity contribution in [1.82, 2.24) is 14.9 Å². The molecule has 1 fully saturated rings. The zero-order valence-corrected chi connectivity index (χ0v) is 29.0. The number of nitrogens with two attached hydrogens (primary N) is 1. The van der Waals surface area contributed by atoms with Crippen molar-refractivity contribution in [3.05, 3.63) is 134 Å². The smallest absolute Gasteiger partial charge is 0.330 e. The first-order chi connectivity index (χ1) is 24.8. The van der Waals surface area contributed by atoms with Crippen molar-refractivity contribution in [2.75, 3.05) is 33.9 Å². The van der Waals surface area contributed by atoms with E-state index >= 15 is 0 Å². The van der Waals surface area contributed by atoms with Gasteiger partial charge in [0.05, 0.1) is 32.5 Å². The predicted molar refractivity (Wildman–Crippen MR) is 194 cm³/mol. The van der Waals surface area contributed by atoms with Crippen LogP contribution in [0.4, 0.5) is 0 Å². The lowest BCUT2D eigenvalue weighted by Gasteiger charge is -2.37. The lowest BCUT2D eigenvalue weighted by Crippen LogP contribution is -2.38. The Labute approximate surface area is 296 Å². The van der Waals surface area contributed by atoms with Gasteiger partial charge < -0.3 is 35.1 Å². The molecule has 12 heteroatoms. The summed E-state index contributed by atoms with van der Waals surface area (Å²) in [6.07, 6.45) is 5.01. The number of aliphatic hydroxyl groups is 1. The summed E-state index contributed by atoms with van der Waals surface area (Å²) in [5, 5.41) is 14.0. The number of aliphatic hydroxyl groups excluding tert-OH is 1. The van der Waals surface area contributed by atoms with E-state index in [1.165, 1.54) is 22.9 Å². The minimum absolute atomic E-state index is 0.0537. The van der Waals surface area contributed by atoms with Gasteiger partial charge in [-0.3, -0.25) is 19.1 Å². The van der Waals surface area contributed by atoms with Crippen molar-refractivity contribution in [2.24, 2.45) is 5.73 Å². The van der Waals surface area contributed by atoms with E-state index in [-0.39, 0.29) is 24.5 Å². The maximum atomic E-state index is 12.9. The third-order valence-electron chi connectivity index (χ3n) is 8.99. The molecule has 2 heterocycles.